The van der Waals surface area contributed by atoms with E-state index in [4.69, 9.17) is 10.8 Å². The highest BCUT2D eigenvalue weighted by Gasteiger charge is 2.29. The second-order valence-corrected chi connectivity index (χ2v) is 4.85. The molecule has 0 bridgehead atoms. The molecule has 1 aliphatic rings. The van der Waals surface area contributed by atoms with Crippen molar-refractivity contribution in [3.63, 3.8) is 0 Å². The number of aliphatic hydroxyl groups excluding tert-OH is 1. The van der Waals surface area contributed by atoms with Crippen LogP contribution in [0.15, 0.2) is 0 Å². The number of rotatable bonds is 2. The maximum atomic E-state index is 8.89. The van der Waals surface area contributed by atoms with Crippen molar-refractivity contribution in [3.8, 4) is 0 Å². The molecule has 0 aromatic rings. The first-order valence-electron chi connectivity index (χ1n) is 4.91. The lowest BCUT2D eigenvalue weighted by Gasteiger charge is -2.36. The van der Waals surface area contributed by atoms with Gasteiger partial charge in [-0.15, -0.1) is 0 Å². The summed E-state index contributed by atoms with van der Waals surface area (Å²) in [4.78, 5) is 0. The van der Waals surface area contributed by atoms with Gasteiger partial charge in [-0.05, 0) is 37.0 Å². The van der Waals surface area contributed by atoms with Crippen LogP contribution in [0.3, 0.4) is 0 Å². The van der Waals surface area contributed by atoms with Crippen molar-refractivity contribution in [3.05, 3.63) is 0 Å². The van der Waals surface area contributed by atoms with Crippen LogP contribution < -0.4 is 5.73 Å². The molecule has 12 heavy (non-hydrogen) atoms. The smallest absolute Gasteiger partial charge is 0.0585 e. The largest absolute Gasteiger partial charge is 0.395 e. The summed E-state index contributed by atoms with van der Waals surface area (Å²) < 4.78 is 0. The summed E-state index contributed by atoms with van der Waals surface area (Å²) >= 11 is 0. The Morgan fingerprint density at radius 1 is 1.42 bits per heavy atom. The van der Waals surface area contributed by atoms with Crippen LogP contribution in [0.5, 0.6) is 0 Å². The molecule has 0 unspecified atom stereocenters. The summed E-state index contributed by atoms with van der Waals surface area (Å²) in [5, 5.41) is 8.89. The predicted octanol–water partition coefficient (Wildman–Crippen LogP) is 1.52. The first kappa shape index (κ1) is 10.0. The zero-order chi connectivity index (χ0) is 9.19. The van der Waals surface area contributed by atoms with E-state index in [2.05, 4.69) is 13.8 Å². The maximum Gasteiger partial charge on any atom is 0.0585 e. The number of hydrogen-bond donors (Lipinski definition) is 2. The third-order valence-electron chi connectivity index (χ3n) is 3.20. The number of hydrogen-bond acceptors (Lipinski definition) is 2. The van der Waals surface area contributed by atoms with Crippen LogP contribution in [0.1, 0.15) is 39.5 Å². The monoisotopic (exact) mass is 171 g/mol. The first-order valence-corrected chi connectivity index (χ1v) is 4.91. The minimum Gasteiger partial charge on any atom is -0.395 e. The lowest BCUT2D eigenvalue weighted by molar-refractivity contribution is 0.142. The van der Waals surface area contributed by atoms with Gasteiger partial charge in [-0.1, -0.05) is 13.8 Å². The molecule has 2 nitrogen and oxygen atoms in total. The van der Waals surface area contributed by atoms with Crippen molar-refractivity contribution < 1.29 is 5.11 Å². The third-order valence-corrected chi connectivity index (χ3v) is 3.20. The van der Waals surface area contributed by atoms with E-state index in [1.807, 2.05) is 0 Å². The van der Waals surface area contributed by atoms with Gasteiger partial charge in [-0.25, -0.2) is 0 Å². The van der Waals surface area contributed by atoms with Gasteiger partial charge in [0.05, 0.1) is 6.61 Å². The number of nitrogens with two attached hydrogens (primary N) is 1. The van der Waals surface area contributed by atoms with E-state index in [1.54, 1.807) is 0 Å². The fourth-order valence-corrected chi connectivity index (χ4v) is 2.00. The van der Waals surface area contributed by atoms with Crippen LogP contribution >= 0.6 is 0 Å². The Balaban J connectivity index is 2.36. The highest BCUT2D eigenvalue weighted by molar-refractivity contribution is 4.83. The van der Waals surface area contributed by atoms with E-state index >= 15 is 0 Å². The SMILES string of the molecule is CC1(C)CCC([C@@H](N)CO)CC1. The van der Waals surface area contributed by atoms with Gasteiger partial charge in [0.15, 0.2) is 0 Å². The van der Waals surface area contributed by atoms with Crippen LogP contribution in [-0.4, -0.2) is 17.8 Å². The molecular formula is C10H21NO. The second-order valence-electron chi connectivity index (χ2n) is 4.85. The molecule has 0 amide bonds. The predicted molar refractivity (Wildman–Crippen MR) is 50.8 cm³/mol. The van der Waals surface area contributed by atoms with Crippen LogP contribution in [0.4, 0.5) is 0 Å². The summed E-state index contributed by atoms with van der Waals surface area (Å²) in [6.07, 6.45) is 4.89. The van der Waals surface area contributed by atoms with Gasteiger partial charge in [-0.3, -0.25) is 0 Å². The van der Waals surface area contributed by atoms with Gasteiger partial charge in [0.1, 0.15) is 0 Å². The van der Waals surface area contributed by atoms with E-state index in [-0.39, 0.29) is 12.6 Å². The van der Waals surface area contributed by atoms with E-state index in [0.29, 0.717) is 11.3 Å². The lowest BCUT2D eigenvalue weighted by Crippen LogP contribution is -2.37. The van der Waals surface area contributed by atoms with Crippen LogP contribution in [0.2, 0.25) is 0 Å². The molecule has 0 radical (unpaired) electrons. The Bertz CT molecular complexity index is 135. The van der Waals surface area contributed by atoms with Gasteiger partial charge >= 0.3 is 0 Å². The molecular weight excluding hydrogens is 150 g/mol. The van der Waals surface area contributed by atoms with Crippen molar-refractivity contribution in [2.75, 3.05) is 6.61 Å². The fourth-order valence-electron chi connectivity index (χ4n) is 2.00. The second kappa shape index (κ2) is 3.75. The summed E-state index contributed by atoms with van der Waals surface area (Å²) in [6.45, 7) is 4.77. The average molecular weight is 171 g/mol. The molecule has 1 rings (SSSR count). The molecule has 0 aromatic carbocycles. The average Bonchev–Trinajstić information content (AvgIpc) is 2.03. The van der Waals surface area contributed by atoms with Gasteiger partial charge < -0.3 is 10.8 Å². The molecule has 1 saturated carbocycles. The Hall–Kier alpha value is -0.0800. The van der Waals surface area contributed by atoms with Crippen LogP contribution in [-0.2, 0) is 0 Å². The summed E-state index contributed by atoms with van der Waals surface area (Å²) in [5.74, 6) is 0.558. The summed E-state index contributed by atoms with van der Waals surface area (Å²) in [7, 11) is 0. The van der Waals surface area contributed by atoms with E-state index < -0.39 is 0 Å². The van der Waals surface area contributed by atoms with Crippen LogP contribution in [0, 0.1) is 11.3 Å². The highest BCUT2D eigenvalue weighted by atomic mass is 16.3. The molecule has 0 aliphatic heterocycles. The van der Waals surface area contributed by atoms with Gasteiger partial charge in [0, 0.05) is 6.04 Å². The first-order chi connectivity index (χ1) is 5.55. The van der Waals surface area contributed by atoms with Gasteiger partial charge in [0.25, 0.3) is 0 Å². The fraction of sp³-hybridized carbons (Fsp3) is 1.00. The highest BCUT2D eigenvalue weighted by Crippen LogP contribution is 2.38. The van der Waals surface area contributed by atoms with Gasteiger partial charge in [-0.2, -0.15) is 0 Å². The Morgan fingerprint density at radius 2 is 1.92 bits per heavy atom. The van der Waals surface area contributed by atoms with E-state index in [1.165, 1.54) is 25.7 Å². The molecule has 72 valence electrons. The standard InChI is InChI=1S/C10H21NO/c1-10(2)5-3-8(4-6-10)9(11)7-12/h8-9,12H,3-7,11H2,1-2H3/t9-/m0/s1. The number of aliphatic hydroxyl groups is 1. The van der Waals surface area contributed by atoms with Crippen molar-refractivity contribution >= 4 is 0 Å². The van der Waals surface area contributed by atoms with Crippen molar-refractivity contribution in [1.82, 2.24) is 0 Å². The Kier molecular flexibility index (Phi) is 3.13. The Morgan fingerprint density at radius 3 is 2.33 bits per heavy atom. The lowest BCUT2D eigenvalue weighted by atomic mass is 9.71. The topological polar surface area (TPSA) is 46.2 Å². The summed E-state index contributed by atoms with van der Waals surface area (Å²) in [5.41, 5.74) is 6.29. The molecule has 1 aliphatic carbocycles. The molecule has 0 aromatic heterocycles. The quantitative estimate of drug-likeness (QED) is 0.661. The molecule has 1 atom stereocenters. The zero-order valence-electron chi connectivity index (χ0n) is 8.21. The van der Waals surface area contributed by atoms with Crippen molar-refractivity contribution in [1.29, 1.82) is 0 Å². The summed E-state index contributed by atoms with van der Waals surface area (Å²) in [6, 6.07) is 0.0149. The maximum absolute atomic E-state index is 8.89. The van der Waals surface area contributed by atoms with Crippen molar-refractivity contribution in [2.24, 2.45) is 17.1 Å². The zero-order valence-corrected chi connectivity index (χ0v) is 8.21. The Labute approximate surface area is 75.2 Å². The molecule has 3 N–H and O–H groups in total. The molecule has 0 spiro atoms. The van der Waals surface area contributed by atoms with E-state index in [0.717, 1.165) is 0 Å². The van der Waals surface area contributed by atoms with Gasteiger partial charge in [0.2, 0.25) is 0 Å². The minimum atomic E-state index is 0.0149. The van der Waals surface area contributed by atoms with Crippen molar-refractivity contribution in [2.45, 2.75) is 45.6 Å². The minimum absolute atomic E-state index is 0.0149. The normalized spacial score (nSPS) is 27.0. The molecule has 0 saturated heterocycles. The molecule has 1 fully saturated rings. The third kappa shape index (κ3) is 2.46. The van der Waals surface area contributed by atoms with Crippen LogP contribution in [0.25, 0.3) is 0 Å². The molecule has 2 heteroatoms. The molecule has 0 heterocycles. The van der Waals surface area contributed by atoms with E-state index in [9.17, 15) is 0 Å².